The summed E-state index contributed by atoms with van der Waals surface area (Å²) >= 11 is 0. The maximum Gasteiger partial charge on any atom is 0.194 e. The summed E-state index contributed by atoms with van der Waals surface area (Å²) in [7, 11) is 3.82. The zero-order chi connectivity index (χ0) is 17.1. The fraction of sp³-hybridized carbons (Fsp3) is 0.500. The first kappa shape index (κ1) is 16.5. The number of rotatable bonds is 3. The van der Waals surface area contributed by atoms with Gasteiger partial charge in [0.25, 0.3) is 0 Å². The lowest BCUT2D eigenvalue weighted by atomic mass is 9.94. The Morgan fingerprint density at radius 2 is 2.08 bits per heavy atom. The van der Waals surface area contributed by atoms with Crippen LogP contribution in [0.15, 0.2) is 29.3 Å². The highest BCUT2D eigenvalue weighted by Gasteiger charge is 2.26. The van der Waals surface area contributed by atoms with E-state index in [1.54, 1.807) is 0 Å². The molecule has 0 amide bonds. The molecule has 2 aromatic rings. The number of aryl methyl sites for hydroxylation is 2. The summed E-state index contributed by atoms with van der Waals surface area (Å²) in [6.45, 7) is 6.81. The number of likely N-dealkylation sites (tertiary alicyclic amines) is 1. The summed E-state index contributed by atoms with van der Waals surface area (Å²) < 4.78 is 2.00. The van der Waals surface area contributed by atoms with Crippen molar-refractivity contribution in [3.63, 3.8) is 0 Å². The monoisotopic (exact) mass is 326 g/mol. The summed E-state index contributed by atoms with van der Waals surface area (Å²) in [5.74, 6) is 3.35. The molecule has 0 radical (unpaired) electrons. The van der Waals surface area contributed by atoms with Gasteiger partial charge in [0.2, 0.25) is 0 Å². The molecule has 0 saturated carbocycles. The molecule has 1 aliphatic rings. The Morgan fingerprint density at radius 3 is 2.75 bits per heavy atom. The van der Waals surface area contributed by atoms with Crippen LogP contribution in [0, 0.1) is 13.8 Å². The van der Waals surface area contributed by atoms with Crippen LogP contribution in [0.5, 0.6) is 0 Å². The quantitative estimate of drug-likeness (QED) is 0.692. The van der Waals surface area contributed by atoms with Crippen molar-refractivity contribution in [3.8, 4) is 0 Å². The van der Waals surface area contributed by atoms with Gasteiger partial charge in [-0.25, -0.2) is 0 Å². The van der Waals surface area contributed by atoms with Crippen molar-refractivity contribution in [3.05, 3.63) is 47.0 Å². The lowest BCUT2D eigenvalue weighted by molar-refractivity contribution is 0.483. The Bertz CT molecular complexity index is 733. The zero-order valence-electron chi connectivity index (χ0n) is 15.0. The van der Waals surface area contributed by atoms with Crippen LogP contribution in [0.4, 0.5) is 0 Å². The van der Waals surface area contributed by atoms with Gasteiger partial charge in [0.1, 0.15) is 5.82 Å². The minimum absolute atomic E-state index is 0.571. The van der Waals surface area contributed by atoms with Gasteiger partial charge in [0, 0.05) is 33.1 Å². The minimum atomic E-state index is 0.571. The maximum absolute atomic E-state index is 4.45. The van der Waals surface area contributed by atoms with Crippen LogP contribution in [0.25, 0.3) is 0 Å². The molecule has 24 heavy (non-hydrogen) atoms. The summed E-state index contributed by atoms with van der Waals surface area (Å²) in [6.07, 6.45) is 1.16. The predicted octanol–water partition coefficient (Wildman–Crippen LogP) is 2.00. The second-order valence-corrected chi connectivity index (χ2v) is 6.41. The van der Waals surface area contributed by atoms with Gasteiger partial charge < -0.3 is 14.8 Å². The summed E-state index contributed by atoms with van der Waals surface area (Å²) in [5.41, 5.74) is 2.83. The van der Waals surface area contributed by atoms with Crippen molar-refractivity contribution < 1.29 is 0 Å². The molecule has 0 bridgehead atoms. The number of nitrogens with zero attached hydrogens (tertiary/aromatic N) is 5. The van der Waals surface area contributed by atoms with Crippen LogP contribution < -0.4 is 5.32 Å². The number of hydrogen-bond acceptors (Lipinski definition) is 3. The molecule has 1 N–H and O–H groups in total. The van der Waals surface area contributed by atoms with Crippen LogP contribution in [-0.2, 0) is 13.6 Å². The molecule has 1 saturated heterocycles. The molecular formula is C18H26N6. The average Bonchev–Trinajstić information content (AvgIpc) is 3.18. The summed E-state index contributed by atoms with van der Waals surface area (Å²) in [5, 5.41) is 11.7. The van der Waals surface area contributed by atoms with E-state index in [0.717, 1.165) is 37.1 Å². The highest BCUT2D eigenvalue weighted by molar-refractivity contribution is 5.80. The predicted molar refractivity (Wildman–Crippen MR) is 96.0 cm³/mol. The molecule has 1 aromatic heterocycles. The van der Waals surface area contributed by atoms with Gasteiger partial charge in [-0.05, 0) is 31.4 Å². The Kier molecular flexibility index (Phi) is 4.83. The van der Waals surface area contributed by atoms with Gasteiger partial charge in [0.05, 0.1) is 6.54 Å². The van der Waals surface area contributed by atoms with Gasteiger partial charge in [-0.3, -0.25) is 4.99 Å². The molecule has 1 aliphatic heterocycles. The van der Waals surface area contributed by atoms with Crippen LogP contribution >= 0.6 is 0 Å². The SMILES string of the molecule is CN=C(NCc1nnc(C)n1C)N1CCC(c2ccccc2C)C1. The number of aromatic nitrogens is 3. The Morgan fingerprint density at radius 1 is 1.29 bits per heavy atom. The number of hydrogen-bond donors (Lipinski definition) is 1. The van der Waals surface area contributed by atoms with Crippen LogP contribution in [0.3, 0.4) is 0 Å². The smallest absolute Gasteiger partial charge is 0.194 e. The van der Waals surface area contributed by atoms with Crippen molar-refractivity contribution in [1.29, 1.82) is 0 Å². The molecule has 0 spiro atoms. The van der Waals surface area contributed by atoms with Crippen molar-refractivity contribution >= 4 is 5.96 Å². The topological polar surface area (TPSA) is 58.3 Å². The van der Waals surface area contributed by atoms with E-state index in [1.165, 1.54) is 11.1 Å². The number of guanidine groups is 1. The van der Waals surface area contributed by atoms with Crippen LogP contribution in [0.1, 0.15) is 35.1 Å². The first-order valence-corrected chi connectivity index (χ1v) is 8.46. The second kappa shape index (κ2) is 7.03. The molecule has 1 fully saturated rings. The Hall–Kier alpha value is -2.37. The zero-order valence-corrected chi connectivity index (χ0v) is 15.0. The maximum atomic E-state index is 4.45. The third-order valence-corrected chi connectivity index (χ3v) is 4.92. The molecule has 128 valence electrons. The van der Waals surface area contributed by atoms with Gasteiger partial charge in [-0.1, -0.05) is 24.3 Å². The number of aliphatic imine (C=N–C) groups is 1. The number of nitrogens with one attached hydrogen (secondary N) is 1. The van der Waals surface area contributed by atoms with Crippen molar-refractivity contribution in [2.75, 3.05) is 20.1 Å². The fourth-order valence-electron chi connectivity index (χ4n) is 3.35. The van der Waals surface area contributed by atoms with E-state index in [0.29, 0.717) is 12.5 Å². The van der Waals surface area contributed by atoms with Gasteiger partial charge in [-0.2, -0.15) is 0 Å². The molecular weight excluding hydrogens is 300 g/mol. The van der Waals surface area contributed by atoms with E-state index in [9.17, 15) is 0 Å². The minimum Gasteiger partial charge on any atom is -0.349 e. The lowest BCUT2D eigenvalue weighted by Gasteiger charge is -2.22. The third kappa shape index (κ3) is 3.27. The molecule has 6 heteroatoms. The summed E-state index contributed by atoms with van der Waals surface area (Å²) in [6, 6.07) is 8.69. The first-order chi connectivity index (χ1) is 11.6. The van der Waals surface area contributed by atoms with E-state index in [-0.39, 0.29) is 0 Å². The number of benzene rings is 1. The van der Waals surface area contributed by atoms with Crippen LogP contribution in [0.2, 0.25) is 0 Å². The highest BCUT2D eigenvalue weighted by atomic mass is 15.3. The summed E-state index contributed by atoms with van der Waals surface area (Å²) in [4.78, 5) is 6.78. The molecule has 1 aromatic carbocycles. The van der Waals surface area contributed by atoms with E-state index < -0.39 is 0 Å². The van der Waals surface area contributed by atoms with Crippen molar-refractivity contribution in [2.45, 2.75) is 32.7 Å². The molecule has 1 atom stereocenters. The van der Waals surface area contributed by atoms with E-state index in [2.05, 4.69) is 56.6 Å². The van der Waals surface area contributed by atoms with Crippen LogP contribution in [-0.4, -0.2) is 45.8 Å². The van der Waals surface area contributed by atoms with E-state index in [1.807, 2.05) is 25.6 Å². The second-order valence-electron chi connectivity index (χ2n) is 6.41. The van der Waals surface area contributed by atoms with Gasteiger partial charge in [0.15, 0.2) is 11.8 Å². The average molecular weight is 326 g/mol. The van der Waals surface area contributed by atoms with Crippen molar-refractivity contribution in [1.82, 2.24) is 25.0 Å². The standard InChI is InChI=1S/C18H26N6/c1-13-7-5-6-8-16(13)15-9-10-24(12-15)18(19-3)20-11-17-22-21-14(2)23(17)4/h5-8,15H,9-12H2,1-4H3,(H,19,20). The molecule has 2 heterocycles. The van der Waals surface area contributed by atoms with Gasteiger partial charge in [-0.15, -0.1) is 10.2 Å². The van der Waals surface area contributed by atoms with E-state index >= 15 is 0 Å². The molecule has 6 nitrogen and oxygen atoms in total. The molecule has 0 aliphatic carbocycles. The Labute approximate surface area is 143 Å². The largest absolute Gasteiger partial charge is 0.349 e. The lowest BCUT2D eigenvalue weighted by Crippen LogP contribution is -2.40. The molecule has 1 unspecified atom stereocenters. The third-order valence-electron chi connectivity index (χ3n) is 4.92. The Balaban J connectivity index is 1.63. The van der Waals surface area contributed by atoms with E-state index in [4.69, 9.17) is 0 Å². The highest BCUT2D eigenvalue weighted by Crippen LogP contribution is 2.29. The molecule has 3 rings (SSSR count). The van der Waals surface area contributed by atoms with Gasteiger partial charge >= 0.3 is 0 Å². The fourth-order valence-corrected chi connectivity index (χ4v) is 3.35. The van der Waals surface area contributed by atoms with Crippen molar-refractivity contribution in [2.24, 2.45) is 12.0 Å². The first-order valence-electron chi connectivity index (χ1n) is 8.46. The normalized spacial score (nSPS) is 18.2.